The average molecular weight is 442 g/mol. The molecule has 5 atom stereocenters. The van der Waals surface area contributed by atoms with E-state index in [1.165, 1.54) is 4.90 Å². The molecule has 174 valence electrons. The van der Waals surface area contributed by atoms with Crippen molar-refractivity contribution < 1.29 is 9.59 Å². The van der Waals surface area contributed by atoms with Gasteiger partial charge in [-0.3, -0.25) is 24.2 Å². The number of aliphatic imine (C=N–C) groups is 1. The lowest BCUT2D eigenvalue weighted by molar-refractivity contribution is -0.140. The first-order valence-electron chi connectivity index (χ1n) is 11.6. The second-order valence-corrected chi connectivity index (χ2v) is 9.25. The van der Waals surface area contributed by atoms with Crippen molar-refractivity contribution in [1.29, 1.82) is 0 Å². The Morgan fingerprint density at radius 3 is 2.47 bits per heavy atom. The van der Waals surface area contributed by atoms with Crippen molar-refractivity contribution in [1.82, 2.24) is 30.2 Å². The molecule has 4 rings (SSSR count). The van der Waals surface area contributed by atoms with Gasteiger partial charge < -0.3 is 15.5 Å². The molecule has 1 aromatic heterocycles. The number of rotatable bonds is 9. The van der Waals surface area contributed by atoms with Crippen molar-refractivity contribution in [2.45, 2.75) is 25.8 Å². The molecule has 2 N–H and O–H groups in total. The number of hydrogen-bond donors (Lipinski definition) is 2. The van der Waals surface area contributed by atoms with Crippen molar-refractivity contribution in [3.8, 4) is 0 Å². The second-order valence-electron chi connectivity index (χ2n) is 9.25. The van der Waals surface area contributed by atoms with Gasteiger partial charge in [-0.1, -0.05) is 12.2 Å². The second kappa shape index (κ2) is 9.44. The van der Waals surface area contributed by atoms with Crippen molar-refractivity contribution in [3.63, 3.8) is 0 Å². The molecule has 1 saturated carbocycles. The van der Waals surface area contributed by atoms with E-state index in [1.807, 2.05) is 40.5 Å². The third kappa shape index (κ3) is 4.30. The Kier molecular flexibility index (Phi) is 6.64. The number of hydrogen-bond acceptors (Lipinski definition) is 5. The molecule has 0 aromatic carbocycles. The highest BCUT2D eigenvalue weighted by molar-refractivity contribution is 6.06. The molecule has 1 saturated heterocycles. The third-order valence-electron chi connectivity index (χ3n) is 6.91. The zero-order valence-electron chi connectivity index (χ0n) is 19.5. The van der Waals surface area contributed by atoms with Crippen LogP contribution in [0.4, 0.5) is 0 Å². The Morgan fingerprint density at radius 1 is 1.22 bits per heavy atom. The zero-order chi connectivity index (χ0) is 22.8. The summed E-state index contributed by atoms with van der Waals surface area (Å²) < 4.78 is 1.80. The summed E-state index contributed by atoms with van der Waals surface area (Å²) in [4.78, 5) is 34.0. The summed E-state index contributed by atoms with van der Waals surface area (Å²) in [5, 5.41) is 10.9. The first kappa shape index (κ1) is 22.5. The molecule has 1 aliphatic heterocycles. The summed E-state index contributed by atoms with van der Waals surface area (Å²) in [5.41, 5.74) is 1.12. The van der Waals surface area contributed by atoms with E-state index in [0.717, 1.165) is 24.5 Å². The van der Waals surface area contributed by atoms with E-state index in [2.05, 4.69) is 32.8 Å². The minimum Gasteiger partial charge on any atom is -0.357 e. The van der Waals surface area contributed by atoms with Crippen molar-refractivity contribution in [2.24, 2.45) is 35.7 Å². The Balaban J connectivity index is 1.29. The highest BCUT2D eigenvalue weighted by Gasteiger charge is 2.58. The SMILES string of the molecule is CCNC(=NCC(c1cnn(C)c1)N(C)C)NCCCN1C(=O)C2C3C=CC(C3)C2C1=O. The van der Waals surface area contributed by atoms with E-state index in [-0.39, 0.29) is 41.5 Å². The number of allylic oxidation sites excluding steroid dienone is 2. The van der Waals surface area contributed by atoms with E-state index in [4.69, 9.17) is 4.99 Å². The molecule has 32 heavy (non-hydrogen) atoms. The number of imide groups is 1. The van der Waals surface area contributed by atoms with Crippen LogP contribution < -0.4 is 10.6 Å². The van der Waals surface area contributed by atoms with Crippen LogP contribution in [0.5, 0.6) is 0 Å². The molecular formula is C23H35N7O2. The number of fused-ring (bicyclic) bond motifs is 5. The molecule has 5 unspecified atom stereocenters. The van der Waals surface area contributed by atoms with Gasteiger partial charge in [-0.25, -0.2) is 0 Å². The lowest BCUT2D eigenvalue weighted by Crippen LogP contribution is -2.40. The van der Waals surface area contributed by atoms with Gasteiger partial charge in [0.05, 0.1) is 30.6 Å². The van der Waals surface area contributed by atoms with Crippen LogP contribution in [-0.2, 0) is 16.6 Å². The van der Waals surface area contributed by atoms with Gasteiger partial charge in [-0.15, -0.1) is 0 Å². The van der Waals surface area contributed by atoms with Crippen LogP contribution in [0, 0.1) is 23.7 Å². The number of likely N-dealkylation sites (tertiary alicyclic amines) is 1. The van der Waals surface area contributed by atoms with Crippen LogP contribution in [0.15, 0.2) is 29.5 Å². The van der Waals surface area contributed by atoms with Gasteiger partial charge in [0.2, 0.25) is 11.8 Å². The number of likely N-dealkylation sites (N-methyl/N-ethyl adjacent to an activating group) is 1. The number of nitrogens with zero attached hydrogens (tertiary/aromatic N) is 5. The standard InChI is InChI=1S/C23H35N7O2/c1-5-24-23(26-13-18(28(2)3)17-12-27-29(4)14-17)25-9-6-10-30-21(31)19-15-7-8-16(11-15)20(19)22(30)32/h7-8,12,14-16,18-20H,5-6,9-11,13H2,1-4H3,(H2,24,25,26). The van der Waals surface area contributed by atoms with Crippen LogP contribution in [0.2, 0.25) is 0 Å². The summed E-state index contributed by atoms with van der Waals surface area (Å²) in [6, 6.07) is 0.127. The fourth-order valence-corrected chi connectivity index (χ4v) is 5.33. The van der Waals surface area contributed by atoms with E-state index in [1.54, 1.807) is 4.68 Å². The smallest absolute Gasteiger partial charge is 0.233 e. The third-order valence-corrected chi connectivity index (χ3v) is 6.91. The topological polar surface area (TPSA) is 94.9 Å². The summed E-state index contributed by atoms with van der Waals surface area (Å²) in [6.45, 7) is 4.49. The van der Waals surface area contributed by atoms with Gasteiger partial charge in [0, 0.05) is 38.4 Å². The van der Waals surface area contributed by atoms with E-state index in [0.29, 0.717) is 26.1 Å². The van der Waals surface area contributed by atoms with Gasteiger partial charge in [-0.2, -0.15) is 5.10 Å². The van der Waals surface area contributed by atoms with Crippen LogP contribution in [0.25, 0.3) is 0 Å². The number of carbonyl (C=O) groups is 2. The van der Waals surface area contributed by atoms with Crippen LogP contribution in [0.3, 0.4) is 0 Å². The Hall–Kier alpha value is -2.68. The molecule has 0 spiro atoms. The minimum atomic E-state index is -0.111. The number of aryl methyl sites for hydroxylation is 1. The molecule has 9 heteroatoms. The maximum atomic E-state index is 12.8. The predicted octanol–water partition coefficient (Wildman–Crippen LogP) is 0.775. The Labute approximate surface area is 189 Å². The highest BCUT2D eigenvalue weighted by atomic mass is 16.2. The van der Waals surface area contributed by atoms with Gasteiger partial charge >= 0.3 is 0 Å². The summed E-state index contributed by atoms with van der Waals surface area (Å²) in [6.07, 6.45) is 9.83. The lowest BCUT2D eigenvalue weighted by atomic mass is 9.85. The maximum Gasteiger partial charge on any atom is 0.233 e. The molecule has 3 aliphatic rings. The maximum absolute atomic E-state index is 12.8. The number of amides is 2. The minimum absolute atomic E-state index is 0.0303. The van der Waals surface area contributed by atoms with E-state index < -0.39 is 0 Å². The summed E-state index contributed by atoms with van der Waals surface area (Å²) >= 11 is 0. The first-order valence-corrected chi connectivity index (χ1v) is 11.6. The van der Waals surface area contributed by atoms with Gasteiger partial charge in [-0.05, 0) is 45.7 Å². The molecule has 9 nitrogen and oxygen atoms in total. The molecule has 2 amide bonds. The molecule has 1 aromatic rings. The fourth-order valence-electron chi connectivity index (χ4n) is 5.33. The lowest BCUT2D eigenvalue weighted by Gasteiger charge is -2.22. The first-order chi connectivity index (χ1) is 15.4. The molecule has 0 radical (unpaired) electrons. The highest BCUT2D eigenvalue weighted by Crippen LogP contribution is 2.52. The largest absolute Gasteiger partial charge is 0.357 e. The van der Waals surface area contributed by atoms with Crippen molar-refractivity contribution in [3.05, 3.63) is 30.1 Å². The quantitative estimate of drug-likeness (QED) is 0.193. The number of guanidine groups is 1. The molecular weight excluding hydrogens is 406 g/mol. The monoisotopic (exact) mass is 441 g/mol. The Bertz CT molecular complexity index is 876. The fraction of sp³-hybridized carbons (Fsp3) is 0.652. The number of aromatic nitrogens is 2. The van der Waals surface area contributed by atoms with E-state index in [9.17, 15) is 9.59 Å². The van der Waals surface area contributed by atoms with Crippen LogP contribution in [0.1, 0.15) is 31.4 Å². The number of nitrogens with one attached hydrogen (secondary N) is 2. The normalized spacial score (nSPS) is 27.5. The molecule has 2 fully saturated rings. The summed E-state index contributed by atoms with van der Waals surface area (Å²) in [5.74, 6) is 1.11. The van der Waals surface area contributed by atoms with Gasteiger partial charge in [0.1, 0.15) is 0 Å². The molecule has 2 aliphatic carbocycles. The van der Waals surface area contributed by atoms with Crippen LogP contribution >= 0.6 is 0 Å². The van der Waals surface area contributed by atoms with Crippen molar-refractivity contribution in [2.75, 3.05) is 40.3 Å². The predicted molar refractivity (Wildman–Crippen MR) is 123 cm³/mol. The Morgan fingerprint density at radius 2 is 1.91 bits per heavy atom. The number of carbonyl (C=O) groups excluding carboxylic acids is 2. The van der Waals surface area contributed by atoms with Crippen molar-refractivity contribution >= 4 is 17.8 Å². The molecule has 2 bridgehead atoms. The molecule has 2 heterocycles. The summed E-state index contributed by atoms with van der Waals surface area (Å²) in [7, 11) is 5.98. The van der Waals surface area contributed by atoms with Gasteiger partial charge in [0.25, 0.3) is 0 Å². The van der Waals surface area contributed by atoms with Crippen LogP contribution in [-0.4, -0.2) is 77.6 Å². The van der Waals surface area contributed by atoms with E-state index >= 15 is 0 Å². The zero-order valence-corrected chi connectivity index (χ0v) is 19.5. The van der Waals surface area contributed by atoms with Gasteiger partial charge in [0.15, 0.2) is 5.96 Å². The average Bonchev–Trinajstić information content (AvgIpc) is 3.52.